The molecule has 0 aliphatic carbocycles. The quantitative estimate of drug-likeness (QED) is 0.711. The lowest BCUT2D eigenvalue weighted by Gasteiger charge is -2.08. The van der Waals surface area contributed by atoms with Gasteiger partial charge in [-0.15, -0.1) is 11.3 Å². The summed E-state index contributed by atoms with van der Waals surface area (Å²) in [7, 11) is 0. The van der Waals surface area contributed by atoms with Gasteiger partial charge in [0.15, 0.2) is 5.01 Å². The zero-order valence-electron chi connectivity index (χ0n) is 6.65. The molecule has 66 valence electrons. The van der Waals surface area contributed by atoms with Crippen molar-refractivity contribution in [2.45, 2.75) is 13.0 Å². The van der Waals surface area contributed by atoms with E-state index in [0.717, 1.165) is 0 Å². The molecule has 1 rings (SSSR count). The number of nitrogens with one attached hydrogen (secondary N) is 1. The van der Waals surface area contributed by atoms with Crippen molar-refractivity contribution in [1.29, 1.82) is 0 Å². The van der Waals surface area contributed by atoms with Gasteiger partial charge in [0.1, 0.15) is 0 Å². The molecule has 1 atom stereocenters. The van der Waals surface area contributed by atoms with Crippen LogP contribution in [0.2, 0.25) is 0 Å². The molecule has 1 aromatic rings. The zero-order chi connectivity index (χ0) is 8.97. The van der Waals surface area contributed by atoms with E-state index < -0.39 is 0 Å². The lowest BCUT2D eigenvalue weighted by Crippen LogP contribution is -2.34. The largest absolute Gasteiger partial charge is 0.394 e. The van der Waals surface area contributed by atoms with Gasteiger partial charge in [-0.25, -0.2) is 4.98 Å². The van der Waals surface area contributed by atoms with Crippen LogP contribution in [0.25, 0.3) is 0 Å². The minimum absolute atomic E-state index is 0.0584. The predicted octanol–water partition coefficient (Wildman–Crippen LogP) is 0.254. The van der Waals surface area contributed by atoms with Gasteiger partial charge < -0.3 is 10.4 Å². The molecule has 4 nitrogen and oxygen atoms in total. The van der Waals surface area contributed by atoms with Crippen LogP contribution in [-0.2, 0) is 0 Å². The molecule has 1 aromatic heterocycles. The van der Waals surface area contributed by atoms with Gasteiger partial charge in [0, 0.05) is 17.6 Å². The lowest BCUT2D eigenvalue weighted by molar-refractivity contribution is 0.0922. The SMILES string of the molecule is CC(CO)NC(=O)c1nccs1. The van der Waals surface area contributed by atoms with Gasteiger partial charge in [-0.2, -0.15) is 0 Å². The van der Waals surface area contributed by atoms with Crippen LogP contribution in [0.3, 0.4) is 0 Å². The molecule has 0 aromatic carbocycles. The molecule has 2 N–H and O–H groups in total. The van der Waals surface area contributed by atoms with E-state index in [-0.39, 0.29) is 18.6 Å². The molecule has 0 aliphatic rings. The summed E-state index contributed by atoms with van der Waals surface area (Å²) < 4.78 is 0. The molecular formula is C7H10N2O2S. The van der Waals surface area contributed by atoms with Crippen molar-refractivity contribution in [2.24, 2.45) is 0 Å². The van der Waals surface area contributed by atoms with Gasteiger partial charge in [-0.3, -0.25) is 4.79 Å². The molecule has 1 unspecified atom stereocenters. The zero-order valence-corrected chi connectivity index (χ0v) is 7.47. The summed E-state index contributed by atoms with van der Waals surface area (Å²) in [6, 6.07) is -0.221. The highest BCUT2D eigenvalue weighted by atomic mass is 32.1. The number of amides is 1. The topological polar surface area (TPSA) is 62.2 Å². The molecular weight excluding hydrogens is 176 g/mol. The highest BCUT2D eigenvalue weighted by molar-refractivity contribution is 7.11. The fraction of sp³-hybridized carbons (Fsp3) is 0.429. The minimum Gasteiger partial charge on any atom is -0.394 e. The Kier molecular flexibility index (Phi) is 3.19. The predicted molar refractivity (Wildman–Crippen MR) is 46.1 cm³/mol. The van der Waals surface area contributed by atoms with Crippen LogP contribution in [0.5, 0.6) is 0 Å². The Labute approximate surface area is 74.3 Å². The van der Waals surface area contributed by atoms with E-state index in [1.165, 1.54) is 11.3 Å². The number of hydrogen-bond acceptors (Lipinski definition) is 4. The second-order valence-corrected chi connectivity index (χ2v) is 3.29. The number of aliphatic hydroxyl groups is 1. The molecule has 5 heteroatoms. The summed E-state index contributed by atoms with van der Waals surface area (Å²) >= 11 is 1.28. The van der Waals surface area contributed by atoms with Crippen molar-refractivity contribution in [3.05, 3.63) is 16.6 Å². The molecule has 0 spiro atoms. The molecule has 12 heavy (non-hydrogen) atoms. The third kappa shape index (κ3) is 2.28. The van der Waals surface area contributed by atoms with Gasteiger partial charge in [-0.05, 0) is 6.92 Å². The number of thiazole rings is 1. The highest BCUT2D eigenvalue weighted by Crippen LogP contribution is 2.03. The summed E-state index contributed by atoms with van der Waals surface area (Å²) in [6.45, 7) is 1.67. The first-order valence-electron chi connectivity index (χ1n) is 3.55. The van der Waals surface area contributed by atoms with Crippen molar-refractivity contribution >= 4 is 17.2 Å². The minimum atomic E-state index is -0.230. The monoisotopic (exact) mass is 186 g/mol. The van der Waals surface area contributed by atoms with E-state index >= 15 is 0 Å². The first-order chi connectivity index (χ1) is 5.74. The van der Waals surface area contributed by atoms with Crippen LogP contribution >= 0.6 is 11.3 Å². The highest BCUT2D eigenvalue weighted by Gasteiger charge is 2.10. The fourth-order valence-electron chi connectivity index (χ4n) is 0.667. The van der Waals surface area contributed by atoms with Crippen LogP contribution in [0, 0.1) is 0 Å². The smallest absolute Gasteiger partial charge is 0.280 e. The van der Waals surface area contributed by atoms with Crippen LogP contribution < -0.4 is 5.32 Å². The summed E-state index contributed by atoms with van der Waals surface area (Å²) in [4.78, 5) is 15.0. The molecule has 0 bridgehead atoms. The maximum absolute atomic E-state index is 11.2. The molecule has 0 fully saturated rings. The Balaban J connectivity index is 2.50. The molecule has 0 aliphatic heterocycles. The average molecular weight is 186 g/mol. The maximum atomic E-state index is 11.2. The number of carbonyl (C=O) groups is 1. The van der Waals surface area contributed by atoms with Crippen LogP contribution in [-0.4, -0.2) is 28.6 Å². The van der Waals surface area contributed by atoms with Crippen LogP contribution in [0.15, 0.2) is 11.6 Å². The third-order valence-corrected chi connectivity index (χ3v) is 2.05. The Bertz CT molecular complexity index is 248. The summed E-state index contributed by atoms with van der Waals surface area (Å²) in [5.41, 5.74) is 0. The second-order valence-electron chi connectivity index (χ2n) is 2.39. The number of carbonyl (C=O) groups excluding carboxylic acids is 1. The number of rotatable bonds is 3. The van der Waals surface area contributed by atoms with Gasteiger partial charge in [-0.1, -0.05) is 0 Å². The number of hydrogen-bond donors (Lipinski definition) is 2. The Morgan fingerprint density at radius 2 is 2.67 bits per heavy atom. The van der Waals surface area contributed by atoms with E-state index in [9.17, 15) is 4.79 Å². The van der Waals surface area contributed by atoms with E-state index in [0.29, 0.717) is 5.01 Å². The van der Waals surface area contributed by atoms with Crippen LogP contribution in [0.4, 0.5) is 0 Å². The van der Waals surface area contributed by atoms with Gasteiger partial charge in [0.2, 0.25) is 0 Å². The van der Waals surface area contributed by atoms with E-state index in [2.05, 4.69) is 10.3 Å². The molecule has 1 amide bonds. The van der Waals surface area contributed by atoms with Crippen molar-refractivity contribution in [3.63, 3.8) is 0 Å². The second kappa shape index (κ2) is 4.18. The van der Waals surface area contributed by atoms with Crippen molar-refractivity contribution in [2.75, 3.05) is 6.61 Å². The van der Waals surface area contributed by atoms with Gasteiger partial charge >= 0.3 is 0 Å². The standard InChI is InChI=1S/C7H10N2O2S/c1-5(4-10)9-6(11)7-8-2-3-12-7/h2-3,5,10H,4H2,1H3,(H,9,11). The van der Waals surface area contributed by atoms with Gasteiger partial charge in [0.05, 0.1) is 6.61 Å². The van der Waals surface area contributed by atoms with E-state index in [1.807, 2.05) is 0 Å². The Morgan fingerprint density at radius 1 is 1.92 bits per heavy atom. The van der Waals surface area contributed by atoms with E-state index in [1.54, 1.807) is 18.5 Å². The number of aliphatic hydroxyl groups excluding tert-OH is 1. The number of nitrogens with zero attached hydrogens (tertiary/aromatic N) is 1. The van der Waals surface area contributed by atoms with Gasteiger partial charge in [0.25, 0.3) is 5.91 Å². The first-order valence-corrected chi connectivity index (χ1v) is 4.43. The molecule has 1 heterocycles. The third-order valence-electron chi connectivity index (χ3n) is 1.28. The van der Waals surface area contributed by atoms with E-state index in [4.69, 9.17) is 5.11 Å². The van der Waals surface area contributed by atoms with Crippen molar-refractivity contribution in [3.8, 4) is 0 Å². The fourth-order valence-corrected chi connectivity index (χ4v) is 1.21. The summed E-state index contributed by atoms with van der Waals surface area (Å²) in [6.07, 6.45) is 1.57. The van der Waals surface area contributed by atoms with Crippen molar-refractivity contribution < 1.29 is 9.90 Å². The Morgan fingerprint density at radius 3 is 3.17 bits per heavy atom. The van der Waals surface area contributed by atoms with Crippen LogP contribution in [0.1, 0.15) is 16.7 Å². The Hall–Kier alpha value is -0.940. The normalized spacial score (nSPS) is 12.5. The maximum Gasteiger partial charge on any atom is 0.280 e. The van der Waals surface area contributed by atoms with Crippen molar-refractivity contribution in [1.82, 2.24) is 10.3 Å². The molecule has 0 saturated heterocycles. The first kappa shape index (κ1) is 9.15. The molecule has 0 radical (unpaired) electrons. The summed E-state index contributed by atoms with van der Waals surface area (Å²) in [5.74, 6) is -0.230. The lowest BCUT2D eigenvalue weighted by atomic mass is 10.3. The number of aromatic nitrogens is 1. The summed E-state index contributed by atoms with van der Waals surface area (Å²) in [5, 5.41) is 13.4. The average Bonchev–Trinajstić information content (AvgIpc) is 2.56. The molecule has 0 saturated carbocycles.